The molecular formula is C17H14N2OS. The molecule has 0 atom stereocenters. The third-order valence-corrected chi connectivity index (χ3v) is 4.21. The summed E-state index contributed by atoms with van der Waals surface area (Å²) in [6.45, 7) is 0.539. The number of hydrogen-bond donors (Lipinski definition) is 1. The second kappa shape index (κ2) is 5.89. The van der Waals surface area contributed by atoms with E-state index >= 15 is 0 Å². The minimum atomic E-state index is -0.0568. The van der Waals surface area contributed by atoms with Gasteiger partial charge in [-0.1, -0.05) is 42.5 Å². The summed E-state index contributed by atoms with van der Waals surface area (Å²) >= 11 is 1.42. The number of anilines is 1. The van der Waals surface area contributed by atoms with Gasteiger partial charge in [0.15, 0.2) is 5.43 Å². The molecule has 3 rings (SSSR count). The molecule has 3 nitrogen and oxygen atoms in total. The Bertz CT molecular complexity index is 854. The summed E-state index contributed by atoms with van der Waals surface area (Å²) in [7, 11) is 0. The molecule has 0 saturated heterocycles. The van der Waals surface area contributed by atoms with Crippen LogP contribution in [0.3, 0.4) is 0 Å². The highest BCUT2D eigenvalue weighted by atomic mass is 32.1. The molecule has 0 fully saturated rings. The van der Waals surface area contributed by atoms with Gasteiger partial charge in [0.2, 0.25) is 0 Å². The zero-order chi connectivity index (χ0) is 14.7. The standard InChI is InChI=1S/C17H14N2OS/c18-17-14(11-19-10-12-6-2-1-3-7-12)16(20)13-8-4-5-9-15(13)21-17/h1-9,11H,10,18H2. The van der Waals surface area contributed by atoms with Crippen molar-refractivity contribution in [2.45, 2.75) is 6.54 Å². The first-order valence-electron chi connectivity index (χ1n) is 6.61. The van der Waals surface area contributed by atoms with Crippen LogP contribution in [0.4, 0.5) is 5.00 Å². The Hall–Kier alpha value is -2.46. The van der Waals surface area contributed by atoms with Crippen molar-refractivity contribution in [1.29, 1.82) is 0 Å². The third-order valence-electron chi connectivity index (χ3n) is 3.20. The molecule has 0 amide bonds. The summed E-state index contributed by atoms with van der Waals surface area (Å²) < 4.78 is 0.903. The van der Waals surface area contributed by atoms with Crippen molar-refractivity contribution >= 4 is 32.6 Å². The van der Waals surface area contributed by atoms with E-state index in [0.717, 1.165) is 10.3 Å². The van der Waals surface area contributed by atoms with Crippen LogP contribution in [0.2, 0.25) is 0 Å². The number of fused-ring (bicyclic) bond motifs is 1. The van der Waals surface area contributed by atoms with Crippen LogP contribution < -0.4 is 11.2 Å². The summed E-state index contributed by atoms with van der Waals surface area (Å²) in [5, 5.41) is 1.20. The first-order chi connectivity index (χ1) is 10.3. The fourth-order valence-electron chi connectivity index (χ4n) is 2.12. The molecule has 1 aromatic heterocycles. The Morgan fingerprint density at radius 1 is 1.05 bits per heavy atom. The number of nitrogen functional groups attached to an aromatic ring is 1. The van der Waals surface area contributed by atoms with Crippen molar-refractivity contribution in [3.05, 3.63) is 75.9 Å². The molecule has 0 unspecified atom stereocenters. The highest BCUT2D eigenvalue weighted by Crippen LogP contribution is 2.22. The van der Waals surface area contributed by atoms with E-state index in [9.17, 15) is 4.79 Å². The number of rotatable bonds is 3. The summed E-state index contributed by atoms with van der Waals surface area (Å²) in [4.78, 5) is 16.8. The van der Waals surface area contributed by atoms with E-state index in [2.05, 4.69) is 4.99 Å². The molecule has 1 heterocycles. The van der Waals surface area contributed by atoms with Gasteiger partial charge in [-0.25, -0.2) is 0 Å². The van der Waals surface area contributed by atoms with Crippen molar-refractivity contribution in [1.82, 2.24) is 0 Å². The largest absolute Gasteiger partial charge is 0.390 e. The molecule has 0 radical (unpaired) electrons. The van der Waals surface area contributed by atoms with Crippen LogP contribution in [0.1, 0.15) is 11.1 Å². The van der Waals surface area contributed by atoms with Crippen molar-refractivity contribution in [2.75, 3.05) is 5.73 Å². The molecule has 2 aromatic carbocycles. The predicted octanol–water partition coefficient (Wildman–Crippen LogP) is 3.46. The zero-order valence-corrected chi connectivity index (χ0v) is 12.1. The van der Waals surface area contributed by atoms with Crippen molar-refractivity contribution < 1.29 is 0 Å². The van der Waals surface area contributed by atoms with E-state index in [1.807, 2.05) is 54.6 Å². The van der Waals surface area contributed by atoms with Gasteiger partial charge in [0, 0.05) is 16.3 Å². The molecule has 2 N–H and O–H groups in total. The first kappa shape index (κ1) is 13.5. The predicted molar refractivity (Wildman–Crippen MR) is 90.2 cm³/mol. The van der Waals surface area contributed by atoms with Gasteiger partial charge in [-0.05, 0) is 17.7 Å². The molecule has 4 heteroatoms. The van der Waals surface area contributed by atoms with E-state index < -0.39 is 0 Å². The van der Waals surface area contributed by atoms with Crippen LogP contribution >= 0.6 is 11.3 Å². The number of aliphatic imine (C=N–C) groups is 1. The molecule has 3 aromatic rings. The fraction of sp³-hybridized carbons (Fsp3) is 0.0588. The maximum atomic E-state index is 12.4. The van der Waals surface area contributed by atoms with Crippen LogP contribution in [0.15, 0.2) is 64.4 Å². The summed E-state index contributed by atoms with van der Waals surface area (Å²) in [5.41, 5.74) is 7.52. The molecule has 0 bridgehead atoms. The Morgan fingerprint density at radius 3 is 2.57 bits per heavy atom. The first-order valence-corrected chi connectivity index (χ1v) is 7.42. The maximum Gasteiger partial charge on any atom is 0.198 e. The van der Waals surface area contributed by atoms with E-state index in [1.165, 1.54) is 11.3 Å². The Labute approximate surface area is 126 Å². The zero-order valence-electron chi connectivity index (χ0n) is 11.3. The smallest absolute Gasteiger partial charge is 0.198 e. The topological polar surface area (TPSA) is 55.5 Å². The van der Waals surface area contributed by atoms with Gasteiger partial charge < -0.3 is 5.73 Å². The van der Waals surface area contributed by atoms with Crippen molar-refractivity contribution in [2.24, 2.45) is 4.99 Å². The monoisotopic (exact) mass is 294 g/mol. The lowest BCUT2D eigenvalue weighted by molar-refractivity contribution is 1.08. The SMILES string of the molecule is Nc1sc2ccccc2c(=O)c1C=NCc1ccccc1. The van der Waals surface area contributed by atoms with Crippen LogP contribution in [-0.4, -0.2) is 6.21 Å². The molecule has 21 heavy (non-hydrogen) atoms. The number of benzene rings is 2. The average Bonchev–Trinajstić information content (AvgIpc) is 2.51. The van der Waals surface area contributed by atoms with Gasteiger partial charge in [-0.15, -0.1) is 11.3 Å². The molecule has 0 spiro atoms. The van der Waals surface area contributed by atoms with E-state index in [4.69, 9.17) is 5.73 Å². The number of nitrogens with two attached hydrogens (primary N) is 1. The number of nitrogens with zero attached hydrogens (tertiary/aromatic N) is 1. The lowest BCUT2D eigenvalue weighted by Crippen LogP contribution is -2.10. The Balaban J connectivity index is 1.95. The van der Waals surface area contributed by atoms with E-state index in [1.54, 1.807) is 6.21 Å². The van der Waals surface area contributed by atoms with Crippen molar-refractivity contribution in [3.63, 3.8) is 0 Å². The lowest BCUT2D eigenvalue weighted by atomic mass is 10.2. The second-order valence-electron chi connectivity index (χ2n) is 4.66. The number of hydrogen-bond acceptors (Lipinski definition) is 4. The molecular weight excluding hydrogens is 280 g/mol. The highest BCUT2D eigenvalue weighted by Gasteiger charge is 2.07. The molecule has 0 aliphatic heterocycles. The van der Waals surface area contributed by atoms with E-state index in [0.29, 0.717) is 22.5 Å². The lowest BCUT2D eigenvalue weighted by Gasteiger charge is -2.02. The van der Waals surface area contributed by atoms with Gasteiger partial charge in [0.1, 0.15) is 0 Å². The summed E-state index contributed by atoms with van der Waals surface area (Å²) in [5.74, 6) is 0. The molecule has 0 saturated carbocycles. The average molecular weight is 294 g/mol. The van der Waals surface area contributed by atoms with Crippen LogP contribution in [-0.2, 0) is 6.54 Å². The minimum Gasteiger partial charge on any atom is -0.390 e. The normalized spacial score (nSPS) is 11.2. The van der Waals surface area contributed by atoms with Gasteiger partial charge in [0.25, 0.3) is 0 Å². The summed E-state index contributed by atoms with van der Waals surface area (Å²) in [6, 6.07) is 17.4. The van der Waals surface area contributed by atoms with Crippen LogP contribution in [0, 0.1) is 0 Å². The van der Waals surface area contributed by atoms with Gasteiger partial charge >= 0.3 is 0 Å². The second-order valence-corrected chi connectivity index (χ2v) is 5.74. The Kier molecular flexibility index (Phi) is 3.79. The van der Waals surface area contributed by atoms with Gasteiger partial charge in [-0.2, -0.15) is 0 Å². The minimum absolute atomic E-state index is 0.0568. The summed E-state index contributed by atoms with van der Waals surface area (Å²) in [6.07, 6.45) is 1.59. The molecule has 0 aliphatic carbocycles. The molecule has 104 valence electrons. The van der Waals surface area contributed by atoms with Crippen LogP contribution in [0.25, 0.3) is 10.1 Å². The quantitative estimate of drug-likeness (QED) is 0.752. The van der Waals surface area contributed by atoms with Crippen molar-refractivity contribution in [3.8, 4) is 0 Å². The van der Waals surface area contributed by atoms with Gasteiger partial charge in [0.05, 0.1) is 17.1 Å². The third kappa shape index (κ3) is 2.85. The molecule has 0 aliphatic rings. The van der Waals surface area contributed by atoms with Crippen LogP contribution in [0.5, 0.6) is 0 Å². The fourth-order valence-corrected chi connectivity index (χ4v) is 3.03. The highest BCUT2D eigenvalue weighted by molar-refractivity contribution is 7.22. The Morgan fingerprint density at radius 2 is 1.76 bits per heavy atom. The van der Waals surface area contributed by atoms with E-state index in [-0.39, 0.29) is 5.43 Å². The maximum absolute atomic E-state index is 12.4. The van der Waals surface area contributed by atoms with Gasteiger partial charge in [-0.3, -0.25) is 9.79 Å².